The first-order chi connectivity index (χ1) is 10.2. The Kier molecular flexibility index (Phi) is 4.94. The zero-order valence-corrected chi connectivity index (χ0v) is 12.5. The number of rotatable bonds is 5. The highest BCUT2D eigenvalue weighted by Gasteiger charge is 2.11. The van der Waals surface area contributed by atoms with Gasteiger partial charge in [-0.05, 0) is 41.7 Å². The van der Waals surface area contributed by atoms with Crippen molar-refractivity contribution >= 4 is 11.5 Å². The summed E-state index contributed by atoms with van der Waals surface area (Å²) in [5, 5.41) is 9.02. The average molecular weight is 280 g/mol. The minimum absolute atomic E-state index is 0.320. The number of carboxylic acids is 1. The number of hydrogen-bond acceptors (Lipinski definition) is 1. The minimum atomic E-state index is -0.891. The fourth-order valence-electron chi connectivity index (χ4n) is 2.56. The van der Waals surface area contributed by atoms with Crippen molar-refractivity contribution in [2.75, 3.05) is 0 Å². The lowest BCUT2D eigenvalue weighted by Gasteiger charge is -2.14. The largest absolute Gasteiger partial charge is 0.478 e. The molecule has 0 aliphatic heterocycles. The highest BCUT2D eigenvalue weighted by atomic mass is 16.4. The normalized spacial score (nSPS) is 10.2. The fraction of sp³-hybridized carbons (Fsp3) is 0.211. The first kappa shape index (κ1) is 15.0. The van der Waals surface area contributed by atoms with Gasteiger partial charge in [0.15, 0.2) is 0 Å². The molecule has 2 nitrogen and oxygen atoms in total. The van der Waals surface area contributed by atoms with Gasteiger partial charge in [0.25, 0.3) is 0 Å². The van der Waals surface area contributed by atoms with E-state index < -0.39 is 5.97 Å². The maximum absolute atomic E-state index is 11.0. The molecule has 0 atom stereocenters. The Morgan fingerprint density at radius 2 is 1.29 bits per heavy atom. The van der Waals surface area contributed by atoms with E-state index in [4.69, 9.17) is 5.11 Å². The number of hydrogen-bond donors (Lipinski definition) is 1. The van der Waals surface area contributed by atoms with Gasteiger partial charge in [-0.1, -0.05) is 61.9 Å². The second-order valence-corrected chi connectivity index (χ2v) is 4.93. The van der Waals surface area contributed by atoms with Gasteiger partial charge < -0.3 is 5.11 Å². The quantitative estimate of drug-likeness (QED) is 0.836. The van der Waals surface area contributed by atoms with Crippen molar-refractivity contribution in [3.63, 3.8) is 0 Å². The molecule has 0 saturated heterocycles. The van der Waals surface area contributed by atoms with Crippen molar-refractivity contribution in [1.29, 1.82) is 0 Å². The summed E-state index contributed by atoms with van der Waals surface area (Å²) in [6.07, 6.45) is 1.98. The number of benzene rings is 2. The molecule has 0 spiro atoms. The van der Waals surface area contributed by atoms with Gasteiger partial charge in [0.2, 0.25) is 0 Å². The predicted octanol–water partition coefficient (Wildman–Crippen LogP) is 5.01. The number of allylic oxidation sites excluding steroid dienone is 1. The lowest BCUT2D eigenvalue weighted by Crippen LogP contribution is -1.98. The van der Waals surface area contributed by atoms with Crippen LogP contribution in [0.2, 0.25) is 0 Å². The predicted molar refractivity (Wildman–Crippen MR) is 86.4 cm³/mol. The van der Waals surface area contributed by atoms with Crippen molar-refractivity contribution in [3.8, 4) is 0 Å². The molecular weight excluding hydrogens is 260 g/mol. The summed E-state index contributed by atoms with van der Waals surface area (Å²) in [7, 11) is 0. The van der Waals surface area contributed by atoms with Crippen molar-refractivity contribution in [2.24, 2.45) is 0 Å². The van der Waals surface area contributed by atoms with Crippen LogP contribution >= 0.6 is 0 Å². The van der Waals surface area contributed by atoms with E-state index in [1.54, 1.807) is 12.1 Å². The summed E-state index contributed by atoms with van der Waals surface area (Å²) in [5.74, 6) is -0.891. The van der Waals surface area contributed by atoms with Gasteiger partial charge in [-0.3, -0.25) is 0 Å². The van der Waals surface area contributed by atoms with Crippen LogP contribution in [0.4, 0.5) is 0 Å². The zero-order chi connectivity index (χ0) is 15.2. The molecule has 2 heteroatoms. The van der Waals surface area contributed by atoms with Gasteiger partial charge in [0, 0.05) is 0 Å². The Morgan fingerprint density at radius 3 is 1.76 bits per heavy atom. The molecule has 1 N–H and O–H groups in total. The SMILES string of the molecule is CCC(CC)=C(c1ccccc1)c1ccc(C(=O)O)cc1. The van der Waals surface area contributed by atoms with Crippen molar-refractivity contribution < 1.29 is 9.90 Å². The van der Waals surface area contributed by atoms with Crippen LogP contribution in [0.1, 0.15) is 48.2 Å². The van der Waals surface area contributed by atoms with Gasteiger partial charge in [0.1, 0.15) is 0 Å². The van der Waals surface area contributed by atoms with E-state index in [-0.39, 0.29) is 0 Å². The van der Waals surface area contributed by atoms with E-state index in [1.165, 1.54) is 16.7 Å². The van der Waals surface area contributed by atoms with Gasteiger partial charge in [0.05, 0.1) is 5.56 Å². The van der Waals surface area contributed by atoms with Crippen LogP contribution in [-0.4, -0.2) is 11.1 Å². The van der Waals surface area contributed by atoms with Crippen LogP contribution in [0, 0.1) is 0 Å². The summed E-state index contributed by atoms with van der Waals surface area (Å²) in [5.41, 5.74) is 5.17. The first-order valence-corrected chi connectivity index (χ1v) is 7.28. The van der Waals surface area contributed by atoms with Gasteiger partial charge in [-0.25, -0.2) is 4.79 Å². The van der Waals surface area contributed by atoms with Gasteiger partial charge >= 0.3 is 5.97 Å². The Morgan fingerprint density at radius 1 is 0.810 bits per heavy atom. The fourth-order valence-corrected chi connectivity index (χ4v) is 2.56. The molecule has 0 heterocycles. The number of carbonyl (C=O) groups is 1. The average Bonchev–Trinajstić information content (AvgIpc) is 2.53. The molecule has 0 aromatic heterocycles. The molecule has 2 aromatic carbocycles. The highest BCUT2D eigenvalue weighted by molar-refractivity contribution is 5.89. The van der Waals surface area contributed by atoms with Gasteiger partial charge in [-0.2, -0.15) is 0 Å². The first-order valence-electron chi connectivity index (χ1n) is 7.28. The molecule has 0 saturated carbocycles. The Hall–Kier alpha value is -2.35. The van der Waals surface area contributed by atoms with Crippen LogP contribution in [-0.2, 0) is 0 Å². The third kappa shape index (κ3) is 3.40. The molecule has 0 aliphatic carbocycles. The third-order valence-electron chi connectivity index (χ3n) is 3.69. The van der Waals surface area contributed by atoms with E-state index >= 15 is 0 Å². The van der Waals surface area contributed by atoms with Crippen molar-refractivity contribution in [1.82, 2.24) is 0 Å². The highest BCUT2D eigenvalue weighted by Crippen LogP contribution is 2.30. The van der Waals surface area contributed by atoms with E-state index in [2.05, 4.69) is 26.0 Å². The second kappa shape index (κ2) is 6.89. The molecule has 108 valence electrons. The van der Waals surface area contributed by atoms with Crippen LogP contribution < -0.4 is 0 Å². The second-order valence-electron chi connectivity index (χ2n) is 4.93. The van der Waals surface area contributed by atoms with Gasteiger partial charge in [-0.15, -0.1) is 0 Å². The summed E-state index contributed by atoms with van der Waals surface area (Å²) >= 11 is 0. The molecule has 0 bridgehead atoms. The topological polar surface area (TPSA) is 37.3 Å². The Bertz CT molecular complexity index is 631. The van der Waals surface area contributed by atoms with Crippen molar-refractivity contribution in [2.45, 2.75) is 26.7 Å². The number of carboxylic acid groups (broad SMARTS) is 1. The summed E-state index contributed by atoms with van der Waals surface area (Å²) < 4.78 is 0. The molecule has 0 fully saturated rings. The van der Waals surface area contributed by atoms with E-state index in [0.29, 0.717) is 5.56 Å². The maximum atomic E-state index is 11.0. The van der Waals surface area contributed by atoms with Crippen LogP contribution in [0.15, 0.2) is 60.2 Å². The molecule has 2 aromatic rings. The zero-order valence-electron chi connectivity index (χ0n) is 12.5. The summed E-state index contributed by atoms with van der Waals surface area (Å²) in [6, 6.07) is 17.4. The lowest BCUT2D eigenvalue weighted by molar-refractivity contribution is 0.0697. The van der Waals surface area contributed by atoms with Crippen LogP contribution in [0.5, 0.6) is 0 Å². The van der Waals surface area contributed by atoms with E-state index in [9.17, 15) is 4.79 Å². The summed E-state index contributed by atoms with van der Waals surface area (Å²) in [4.78, 5) is 11.0. The summed E-state index contributed by atoms with van der Waals surface area (Å²) in [6.45, 7) is 4.32. The molecule has 21 heavy (non-hydrogen) atoms. The standard InChI is InChI=1S/C19H20O2/c1-3-14(4-2)18(15-8-6-5-7-9-15)16-10-12-17(13-11-16)19(20)21/h5-13H,3-4H2,1-2H3,(H,20,21). The minimum Gasteiger partial charge on any atom is -0.478 e. The number of aromatic carboxylic acids is 1. The molecular formula is C19H20O2. The maximum Gasteiger partial charge on any atom is 0.335 e. The smallest absolute Gasteiger partial charge is 0.335 e. The lowest BCUT2D eigenvalue weighted by atomic mass is 9.90. The van der Waals surface area contributed by atoms with Crippen molar-refractivity contribution in [3.05, 3.63) is 76.9 Å². The van der Waals surface area contributed by atoms with Crippen LogP contribution in [0.25, 0.3) is 5.57 Å². The van der Waals surface area contributed by atoms with E-state index in [1.807, 2.05) is 30.3 Å². The monoisotopic (exact) mass is 280 g/mol. The van der Waals surface area contributed by atoms with E-state index in [0.717, 1.165) is 18.4 Å². The Labute approximate surface area is 125 Å². The third-order valence-corrected chi connectivity index (χ3v) is 3.69. The molecule has 0 aliphatic rings. The molecule has 0 amide bonds. The van der Waals surface area contributed by atoms with Crippen LogP contribution in [0.3, 0.4) is 0 Å². The molecule has 0 unspecified atom stereocenters. The molecule has 0 radical (unpaired) electrons. The molecule has 2 rings (SSSR count). The Balaban J connectivity index is 2.56.